The van der Waals surface area contributed by atoms with Crippen LogP contribution in [0.5, 0.6) is 6.01 Å². The number of rotatable bonds is 15. The van der Waals surface area contributed by atoms with E-state index in [2.05, 4.69) is 15.0 Å². The Morgan fingerprint density at radius 3 is 1.40 bits per heavy atom. The van der Waals surface area contributed by atoms with Crippen molar-refractivity contribution in [1.82, 2.24) is 15.0 Å². The van der Waals surface area contributed by atoms with Crippen molar-refractivity contribution in [1.29, 1.82) is 0 Å². The molecule has 4 aromatic carbocycles. The highest BCUT2D eigenvalue weighted by molar-refractivity contribution is 6.31. The third kappa shape index (κ3) is 9.81. The quantitative estimate of drug-likeness (QED) is 0.113. The monoisotopic (exact) mass is 687 g/mol. The van der Waals surface area contributed by atoms with E-state index in [0.29, 0.717) is 13.2 Å². The van der Waals surface area contributed by atoms with Crippen LogP contribution in [-0.4, -0.2) is 52.3 Å². The van der Waals surface area contributed by atoms with Gasteiger partial charge in [0.1, 0.15) is 24.4 Å². The lowest BCUT2D eigenvalue weighted by molar-refractivity contribution is -0.311. The number of hydrogen-bond acceptors (Lipinski definition) is 9. The molecule has 1 saturated heterocycles. The molecule has 0 spiro atoms. The Morgan fingerprint density at radius 1 is 0.500 bits per heavy atom. The lowest BCUT2D eigenvalue weighted by Crippen LogP contribution is -2.62. The van der Waals surface area contributed by atoms with Gasteiger partial charge in [0.2, 0.25) is 16.9 Å². The van der Waals surface area contributed by atoms with Gasteiger partial charge in [0, 0.05) is 0 Å². The van der Waals surface area contributed by atoms with Gasteiger partial charge < -0.3 is 28.4 Å². The zero-order chi connectivity index (χ0) is 33.0. The highest BCUT2D eigenvalue weighted by Crippen LogP contribution is 2.32. The van der Waals surface area contributed by atoms with Crippen LogP contribution in [0.4, 0.5) is 0 Å². The van der Waals surface area contributed by atoms with Crippen LogP contribution in [0, 0.1) is 0 Å². The summed E-state index contributed by atoms with van der Waals surface area (Å²) in [4.78, 5) is 12.1. The van der Waals surface area contributed by atoms with Gasteiger partial charge in [0.15, 0.2) is 0 Å². The third-order valence-electron chi connectivity index (χ3n) is 7.62. The van der Waals surface area contributed by atoms with E-state index in [1.807, 2.05) is 121 Å². The lowest BCUT2D eigenvalue weighted by atomic mass is 9.97. The zero-order valence-electron chi connectivity index (χ0n) is 26.0. The SMILES string of the molecule is Clc1nc(Cl)nc(OC2O[C@H](COCc3ccccc3)[C@@H](OCc3ccccc3)[C@H](OCc3ccccc3)[C@H]2OCc2ccccc2)n1. The molecule has 1 fully saturated rings. The van der Waals surface area contributed by atoms with Gasteiger partial charge in [0.05, 0.1) is 33.0 Å². The number of benzene rings is 4. The molecule has 1 aliphatic heterocycles. The highest BCUT2D eigenvalue weighted by atomic mass is 35.5. The standard InChI is InChI=1S/C37H35Cl2N3O6/c38-35-40-36(39)42-37(41-35)48-34-33(46-24-29-19-11-4-12-20-29)32(45-23-28-17-9-3-10-18-28)31(44-22-27-15-7-2-8-16-27)30(47-34)25-43-21-26-13-5-1-6-14-26/h1-20,30-34H,21-25H2/t30-,31-,32+,33-,34?/m1/s1. The van der Waals surface area contributed by atoms with Crippen LogP contribution in [0.1, 0.15) is 22.3 Å². The third-order valence-corrected chi connectivity index (χ3v) is 7.96. The lowest BCUT2D eigenvalue weighted by Gasteiger charge is -2.45. The molecule has 48 heavy (non-hydrogen) atoms. The van der Waals surface area contributed by atoms with Crippen molar-refractivity contribution >= 4 is 23.2 Å². The molecule has 5 atom stereocenters. The van der Waals surface area contributed by atoms with Gasteiger partial charge in [-0.3, -0.25) is 0 Å². The summed E-state index contributed by atoms with van der Waals surface area (Å²) in [6.45, 7) is 1.39. The molecule has 1 aromatic heterocycles. The molecule has 1 aliphatic rings. The summed E-state index contributed by atoms with van der Waals surface area (Å²) in [5, 5.41) is -0.238. The predicted octanol–water partition coefficient (Wildman–Crippen LogP) is 7.26. The Balaban J connectivity index is 1.33. The summed E-state index contributed by atoms with van der Waals surface area (Å²) in [6.07, 6.45) is -3.84. The minimum absolute atomic E-state index is 0.118. The normalized spacial score (nSPS) is 20.8. The number of ether oxygens (including phenoxy) is 6. The highest BCUT2D eigenvalue weighted by Gasteiger charge is 2.50. The fourth-order valence-corrected chi connectivity index (χ4v) is 5.66. The van der Waals surface area contributed by atoms with Crippen LogP contribution in [0.15, 0.2) is 121 Å². The molecule has 2 heterocycles. The fraction of sp³-hybridized carbons (Fsp3) is 0.270. The van der Waals surface area contributed by atoms with Gasteiger partial charge in [-0.1, -0.05) is 121 Å². The van der Waals surface area contributed by atoms with Crippen LogP contribution < -0.4 is 4.74 Å². The van der Waals surface area contributed by atoms with Crippen molar-refractivity contribution in [3.63, 3.8) is 0 Å². The first-order chi connectivity index (χ1) is 23.6. The first kappa shape index (κ1) is 34.0. The summed E-state index contributed by atoms with van der Waals surface area (Å²) in [6, 6.07) is 39.4. The minimum Gasteiger partial charge on any atom is -0.430 e. The maximum absolute atomic E-state index is 6.71. The predicted molar refractivity (Wildman–Crippen MR) is 180 cm³/mol. The molecule has 0 amide bonds. The second-order valence-electron chi connectivity index (χ2n) is 11.1. The van der Waals surface area contributed by atoms with Gasteiger partial charge in [-0.15, -0.1) is 0 Å². The van der Waals surface area contributed by atoms with Gasteiger partial charge >= 0.3 is 6.01 Å². The summed E-state index contributed by atoms with van der Waals surface area (Å²) >= 11 is 12.2. The van der Waals surface area contributed by atoms with Crippen LogP contribution >= 0.6 is 23.2 Å². The molecule has 0 saturated carbocycles. The first-order valence-electron chi connectivity index (χ1n) is 15.6. The molecule has 9 nitrogen and oxygen atoms in total. The van der Waals surface area contributed by atoms with Gasteiger partial charge in [-0.25, -0.2) is 0 Å². The fourth-order valence-electron chi connectivity index (χ4n) is 5.31. The Labute approximate surface area is 289 Å². The molecule has 0 aliphatic carbocycles. The maximum atomic E-state index is 6.71. The molecular weight excluding hydrogens is 653 g/mol. The Bertz CT molecular complexity index is 1650. The second-order valence-corrected chi connectivity index (χ2v) is 11.8. The molecular formula is C37H35Cl2N3O6. The second kappa shape index (κ2) is 17.5. The number of halogens is 2. The molecule has 0 radical (unpaired) electrons. The zero-order valence-corrected chi connectivity index (χ0v) is 27.5. The van der Waals surface area contributed by atoms with E-state index in [1.165, 1.54) is 0 Å². The van der Waals surface area contributed by atoms with Crippen molar-refractivity contribution in [2.45, 2.75) is 57.1 Å². The number of nitrogens with zero attached hydrogens (tertiary/aromatic N) is 3. The average molecular weight is 689 g/mol. The van der Waals surface area contributed by atoms with Crippen molar-refractivity contribution in [3.05, 3.63) is 154 Å². The molecule has 11 heteroatoms. The van der Waals surface area contributed by atoms with E-state index in [1.54, 1.807) is 0 Å². The van der Waals surface area contributed by atoms with Crippen LogP contribution in [0.2, 0.25) is 10.6 Å². The van der Waals surface area contributed by atoms with Crippen molar-refractivity contribution in [2.75, 3.05) is 6.61 Å². The van der Waals surface area contributed by atoms with Gasteiger partial charge in [-0.05, 0) is 45.5 Å². The Morgan fingerprint density at radius 2 is 0.917 bits per heavy atom. The van der Waals surface area contributed by atoms with E-state index in [4.69, 9.17) is 51.6 Å². The smallest absolute Gasteiger partial charge is 0.324 e. The average Bonchev–Trinajstić information content (AvgIpc) is 3.11. The van der Waals surface area contributed by atoms with E-state index in [-0.39, 0.29) is 36.4 Å². The summed E-state index contributed by atoms with van der Waals surface area (Å²) in [5.41, 5.74) is 3.97. The number of hydrogen-bond donors (Lipinski definition) is 0. The van der Waals surface area contributed by atoms with E-state index < -0.39 is 30.7 Å². The van der Waals surface area contributed by atoms with E-state index in [9.17, 15) is 0 Å². The largest absolute Gasteiger partial charge is 0.430 e. The Kier molecular flexibility index (Phi) is 12.4. The maximum Gasteiger partial charge on any atom is 0.324 e. The number of aromatic nitrogens is 3. The molecule has 6 rings (SSSR count). The summed E-state index contributed by atoms with van der Waals surface area (Å²) in [7, 11) is 0. The first-order valence-corrected chi connectivity index (χ1v) is 16.3. The van der Waals surface area contributed by atoms with Crippen LogP contribution in [0.3, 0.4) is 0 Å². The molecule has 0 N–H and O–H groups in total. The van der Waals surface area contributed by atoms with Crippen molar-refractivity contribution in [3.8, 4) is 6.01 Å². The van der Waals surface area contributed by atoms with Gasteiger partial charge in [0.25, 0.3) is 0 Å². The van der Waals surface area contributed by atoms with E-state index >= 15 is 0 Å². The van der Waals surface area contributed by atoms with E-state index in [0.717, 1.165) is 22.3 Å². The van der Waals surface area contributed by atoms with Crippen LogP contribution in [0.25, 0.3) is 0 Å². The molecule has 1 unspecified atom stereocenters. The van der Waals surface area contributed by atoms with Gasteiger partial charge in [-0.2, -0.15) is 15.0 Å². The summed E-state index contributed by atoms with van der Waals surface area (Å²) in [5.74, 6) is 0. The summed E-state index contributed by atoms with van der Waals surface area (Å²) < 4.78 is 39.0. The van der Waals surface area contributed by atoms with Crippen molar-refractivity contribution < 1.29 is 28.4 Å². The molecule has 248 valence electrons. The molecule has 5 aromatic rings. The topological polar surface area (TPSA) is 94.1 Å². The van der Waals surface area contributed by atoms with Crippen molar-refractivity contribution in [2.24, 2.45) is 0 Å². The Hall–Kier alpha value is -3.93. The minimum atomic E-state index is -1.06. The van der Waals surface area contributed by atoms with Crippen LogP contribution in [-0.2, 0) is 50.1 Å². The molecule has 0 bridgehead atoms.